The molecule has 2 aromatic carbocycles. The fraction of sp³-hybridized carbons (Fsp3) is 0.459. The van der Waals surface area contributed by atoms with Gasteiger partial charge < -0.3 is 24.0 Å². The summed E-state index contributed by atoms with van der Waals surface area (Å²) in [6.07, 6.45) is 5.75. The second kappa shape index (κ2) is 14.7. The highest BCUT2D eigenvalue weighted by atomic mass is 32.2. The Morgan fingerprint density at radius 3 is 2.28 bits per heavy atom. The van der Waals surface area contributed by atoms with Crippen molar-refractivity contribution in [2.24, 2.45) is 11.8 Å². The molecule has 0 bridgehead atoms. The van der Waals surface area contributed by atoms with Gasteiger partial charge in [0.25, 0.3) is 21.5 Å². The molecule has 0 N–H and O–H groups in total. The molecule has 1 unspecified atom stereocenters. The number of benzene rings is 2. The normalized spacial score (nSPS) is 20.3. The number of carbonyl (C=O) groups excluding carboxylic acids is 2. The highest BCUT2D eigenvalue weighted by molar-refractivity contribution is 7.93. The van der Waals surface area contributed by atoms with Crippen molar-refractivity contribution in [2.45, 2.75) is 56.4 Å². The van der Waals surface area contributed by atoms with E-state index in [1.165, 1.54) is 61.8 Å². The first-order valence-electron chi connectivity index (χ1n) is 17.2. The lowest BCUT2D eigenvalue weighted by atomic mass is 9.79. The number of aromatic nitrogens is 1. The molecule has 1 atom stereocenters. The molecular weight excluding hydrogens is 659 g/mol. The van der Waals surface area contributed by atoms with Gasteiger partial charge in [0, 0.05) is 24.8 Å². The predicted octanol–water partition coefficient (Wildman–Crippen LogP) is 5.31. The van der Waals surface area contributed by atoms with E-state index in [1.807, 2.05) is 0 Å². The summed E-state index contributed by atoms with van der Waals surface area (Å²) in [6.45, 7) is 8.31. The van der Waals surface area contributed by atoms with Gasteiger partial charge in [-0.05, 0) is 125 Å². The van der Waals surface area contributed by atoms with Gasteiger partial charge in [-0.2, -0.15) is 9.57 Å². The predicted molar refractivity (Wildman–Crippen MR) is 185 cm³/mol. The molecule has 2 amide bonds. The summed E-state index contributed by atoms with van der Waals surface area (Å²) in [7, 11) is -3.10. The molecule has 264 valence electrons. The summed E-state index contributed by atoms with van der Waals surface area (Å²) in [5, 5.41) is 9.89. The van der Waals surface area contributed by atoms with Gasteiger partial charge in [-0.1, -0.05) is 6.92 Å². The van der Waals surface area contributed by atoms with Crippen LogP contribution in [0.1, 0.15) is 62.6 Å². The maximum atomic E-state index is 15.0. The van der Waals surface area contributed by atoms with Gasteiger partial charge >= 0.3 is 6.09 Å². The number of hydrogen-bond donors (Lipinski definition) is 0. The van der Waals surface area contributed by atoms with Crippen molar-refractivity contribution in [3.05, 3.63) is 77.5 Å². The van der Waals surface area contributed by atoms with E-state index in [9.17, 15) is 23.3 Å². The van der Waals surface area contributed by atoms with Crippen LogP contribution in [0.4, 0.5) is 10.5 Å². The van der Waals surface area contributed by atoms with E-state index in [-0.39, 0.29) is 39.8 Å². The van der Waals surface area contributed by atoms with Crippen molar-refractivity contribution in [3.8, 4) is 17.7 Å². The number of nitriles is 1. The Labute approximate surface area is 293 Å². The molecular formula is C37H43N5O7S. The van der Waals surface area contributed by atoms with Crippen molar-refractivity contribution < 1.29 is 32.2 Å². The van der Waals surface area contributed by atoms with Crippen molar-refractivity contribution in [2.75, 3.05) is 50.7 Å². The van der Waals surface area contributed by atoms with Crippen molar-refractivity contribution in [1.29, 1.82) is 5.26 Å². The zero-order chi connectivity index (χ0) is 35.5. The lowest BCUT2D eigenvalue weighted by Crippen LogP contribution is -2.50. The first-order chi connectivity index (χ1) is 24.2. The summed E-state index contributed by atoms with van der Waals surface area (Å²) in [5.74, 6) is 0.468. The number of hydrogen-bond acceptors (Lipinski definition) is 10. The van der Waals surface area contributed by atoms with Crippen LogP contribution in [0.3, 0.4) is 0 Å². The largest absolute Gasteiger partial charge is 0.497 e. The smallest absolute Gasteiger partial charge is 0.411 e. The number of piperidine rings is 2. The van der Waals surface area contributed by atoms with Crippen LogP contribution in [0, 0.1) is 23.2 Å². The maximum absolute atomic E-state index is 15.0. The minimum atomic E-state index is -4.56. The van der Waals surface area contributed by atoms with E-state index < -0.39 is 27.6 Å². The van der Waals surface area contributed by atoms with Gasteiger partial charge in [0.05, 0.1) is 41.5 Å². The fourth-order valence-electron chi connectivity index (χ4n) is 7.56. The molecule has 12 nitrogen and oxygen atoms in total. The van der Waals surface area contributed by atoms with Crippen LogP contribution in [0.15, 0.2) is 65.7 Å². The highest BCUT2D eigenvalue weighted by Crippen LogP contribution is 2.51. The molecule has 0 radical (unpaired) electrons. The number of amides is 2. The number of carbonyl (C=O) groups is 2. The lowest BCUT2D eigenvalue weighted by Gasteiger charge is -2.40. The van der Waals surface area contributed by atoms with Crippen molar-refractivity contribution in [3.63, 3.8) is 0 Å². The third kappa shape index (κ3) is 6.38. The van der Waals surface area contributed by atoms with Crippen LogP contribution in [-0.4, -0.2) is 81.6 Å². The molecule has 0 aliphatic carbocycles. The summed E-state index contributed by atoms with van der Waals surface area (Å²) in [6, 6.07) is 15.0. The number of nitrogens with zero attached hydrogens (tertiary/aromatic N) is 5. The molecule has 3 aliphatic heterocycles. The molecule has 6 rings (SSSR count). The van der Waals surface area contributed by atoms with Gasteiger partial charge in [0.2, 0.25) is 5.88 Å². The van der Waals surface area contributed by atoms with Crippen LogP contribution in [0.5, 0.6) is 11.6 Å². The molecule has 3 aliphatic rings. The quantitative estimate of drug-likeness (QED) is 0.273. The van der Waals surface area contributed by atoms with Gasteiger partial charge in [-0.3, -0.25) is 4.79 Å². The Morgan fingerprint density at radius 1 is 0.980 bits per heavy atom. The first-order valence-corrected chi connectivity index (χ1v) is 18.7. The molecule has 2 saturated heterocycles. The molecule has 50 heavy (non-hydrogen) atoms. The van der Waals surface area contributed by atoms with E-state index in [4.69, 9.17) is 14.2 Å². The monoisotopic (exact) mass is 701 g/mol. The Kier molecular flexibility index (Phi) is 10.3. The van der Waals surface area contributed by atoms with Crippen LogP contribution in [0.25, 0.3) is 0 Å². The molecule has 2 fully saturated rings. The lowest BCUT2D eigenvalue weighted by molar-refractivity contribution is -0.132. The number of sulfonamides is 1. The molecule has 13 heteroatoms. The van der Waals surface area contributed by atoms with E-state index >= 15 is 0 Å². The van der Waals surface area contributed by atoms with E-state index in [1.54, 1.807) is 17.9 Å². The van der Waals surface area contributed by atoms with Gasteiger partial charge in [0.1, 0.15) is 5.75 Å². The van der Waals surface area contributed by atoms with E-state index in [0.29, 0.717) is 35.0 Å². The number of methoxy groups -OCH3 is 1. The zero-order valence-electron chi connectivity index (χ0n) is 28.7. The molecule has 0 saturated carbocycles. The SMILES string of the molecule is CCCN1CCC(C2CCN(C(=O)OC3(c4cccnc4OCC)C(=O)N(S(=O)(=O)c4ccc(OC)cc4)c4ccc(C#N)cc43)CC2)CC1. The molecule has 1 aromatic heterocycles. The minimum Gasteiger partial charge on any atom is -0.497 e. The van der Waals surface area contributed by atoms with Crippen LogP contribution in [-0.2, 0) is 25.2 Å². The summed E-state index contributed by atoms with van der Waals surface area (Å²) >= 11 is 0. The minimum absolute atomic E-state index is 0.00118. The maximum Gasteiger partial charge on any atom is 0.411 e. The first kappa shape index (κ1) is 35.2. The van der Waals surface area contributed by atoms with Gasteiger partial charge in [0.15, 0.2) is 0 Å². The molecule has 3 aromatic rings. The zero-order valence-corrected chi connectivity index (χ0v) is 29.5. The van der Waals surface area contributed by atoms with Crippen LogP contribution in [0.2, 0.25) is 0 Å². The van der Waals surface area contributed by atoms with E-state index in [2.05, 4.69) is 22.9 Å². The fourth-order valence-corrected chi connectivity index (χ4v) is 9.02. The Bertz CT molecular complexity index is 1860. The average molecular weight is 702 g/mol. The highest BCUT2D eigenvalue weighted by Gasteiger charge is 2.61. The molecule has 4 heterocycles. The third-order valence-electron chi connectivity index (χ3n) is 10.1. The molecule has 0 spiro atoms. The topological polar surface area (TPSA) is 142 Å². The standard InChI is InChI=1S/C37H43N5O7S/c1-4-19-40-20-14-27(15-21-40)28-16-22-41(23-17-28)36(44)49-37(31-7-6-18-39-34(31)48-5-2)32-24-26(25-38)8-13-33(32)42(35(37)43)50(45,46)30-11-9-29(47-3)10-12-30/h6-13,18,24,27-28H,4-5,14-17,19-23H2,1-3H3. The number of fused-ring (bicyclic) bond motifs is 1. The second-order valence-corrected chi connectivity index (χ2v) is 14.7. The Balaban J connectivity index is 1.38. The Hall–Kier alpha value is -4.67. The summed E-state index contributed by atoms with van der Waals surface area (Å²) < 4.78 is 46.7. The third-order valence-corrected chi connectivity index (χ3v) is 11.8. The summed E-state index contributed by atoms with van der Waals surface area (Å²) in [4.78, 5) is 37.5. The van der Waals surface area contributed by atoms with Crippen LogP contribution >= 0.6 is 0 Å². The van der Waals surface area contributed by atoms with Gasteiger partial charge in [-0.15, -0.1) is 0 Å². The second-order valence-electron chi connectivity index (χ2n) is 12.9. The number of ether oxygens (including phenoxy) is 3. The van der Waals surface area contributed by atoms with Gasteiger partial charge in [-0.25, -0.2) is 18.2 Å². The summed E-state index contributed by atoms with van der Waals surface area (Å²) in [5.41, 5.74) is -2.15. The van der Waals surface area contributed by atoms with Crippen molar-refractivity contribution >= 4 is 27.7 Å². The van der Waals surface area contributed by atoms with Crippen molar-refractivity contribution in [1.82, 2.24) is 14.8 Å². The number of pyridine rings is 1. The average Bonchev–Trinajstić information content (AvgIpc) is 3.39. The van der Waals surface area contributed by atoms with Crippen LogP contribution < -0.4 is 13.8 Å². The Morgan fingerprint density at radius 2 is 1.66 bits per heavy atom. The number of rotatable bonds is 10. The number of anilines is 1. The number of likely N-dealkylation sites (tertiary alicyclic amines) is 2. The van der Waals surface area contributed by atoms with E-state index in [0.717, 1.165) is 51.7 Å².